The molecule has 1 aliphatic heterocycles. The molecule has 122 valence electrons. The monoisotopic (exact) mass is 311 g/mol. The van der Waals surface area contributed by atoms with E-state index < -0.39 is 0 Å². The molecular formula is C18H25N5. The Balaban J connectivity index is 1.49. The Bertz CT molecular complexity index is 574. The first kappa shape index (κ1) is 15.7. The summed E-state index contributed by atoms with van der Waals surface area (Å²) < 4.78 is 0. The fourth-order valence-corrected chi connectivity index (χ4v) is 2.95. The molecule has 5 nitrogen and oxygen atoms in total. The van der Waals surface area contributed by atoms with Crippen LogP contribution in [0.25, 0.3) is 0 Å². The topological polar surface area (TPSA) is 35.5 Å². The van der Waals surface area contributed by atoms with Gasteiger partial charge in [-0.25, -0.2) is 9.97 Å². The molecule has 0 bridgehead atoms. The second kappa shape index (κ2) is 7.92. The van der Waals surface area contributed by atoms with Crippen LogP contribution in [0.1, 0.15) is 6.42 Å². The molecule has 5 heteroatoms. The number of hydrogen-bond donors (Lipinski definition) is 0. The number of nitrogens with zero attached hydrogens (tertiary/aromatic N) is 5. The molecule has 0 N–H and O–H groups in total. The molecule has 0 unspecified atom stereocenters. The standard InChI is InChI=1S/C18H25N5/c1-21(17-7-3-2-4-8-17)13-14-22-11-6-12-23(16-15-22)18-19-9-5-10-20-18/h2-5,7-10H,6,11-16H2,1H3. The zero-order valence-corrected chi connectivity index (χ0v) is 13.8. The van der Waals surface area contributed by atoms with Crippen LogP contribution in [0.3, 0.4) is 0 Å². The average molecular weight is 311 g/mol. The summed E-state index contributed by atoms with van der Waals surface area (Å²) in [5.74, 6) is 0.857. The molecule has 23 heavy (non-hydrogen) atoms. The van der Waals surface area contributed by atoms with Crippen LogP contribution in [0.2, 0.25) is 0 Å². The fourth-order valence-electron chi connectivity index (χ4n) is 2.95. The second-order valence-corrected chi connectivity index (χ2v) is 5.99. The molecule has 2 aromatic rings. The molecule has 0 radical (unpaired) electrons. The lowest BCUT2D eigenvalue weighted by Gasteiger charge is -2.25. The van der Waals surface area contributed by atoms with Gasteiger partial charge in [0, 0.05) is 57.9 Å². The van der Waals surface area contributed by atoms with Crippen molar-refractivity contribution in [1.29, 1.82) is 0 Å². The van der Waals surface area contributed by atoms with Gasteiger partial charge in [0.25, 0.3) is 0 Å². The third-order valence-electron chi connectivity index (χ3n) is 4.37. The van der Waals surface area contributed by atoms with Crippen LogP contribution in [-0.4, -0.2) is 61.2 Å². The van der Waals surface area contributed by atoms with E-state index in [1.807, 2.05) is 18.5 Å². The molecule has 0 spiro atoms. The molecule has 1 aromatic heterocycles. The maximum Gasteiger partial charge on any atom is 0.225 e. The summed E-state index contributed by atoms with van der Waals surface area (Å²) in [6, 6.07) is 12.4. The van der Waals surface area contributed by atoms with Gasteiger partial charge in [0.2, 0.25) is 5.95 Å². The number of rotatable bonds is 5. The maximum atomic E-state index is 4.37. The van der Waals surface area contributed by atoms with Gasteiger partial charge in [-0.15, -0.1) is 0 Å². The molecular weight excluding hydrogens is 286 g/mol. The van der Waals surface area contributed by atoms with E-state index in [1.165, 1.54) is 5.69 Å². The van der Waals surface area contributed by atoms with Crippen molar-refractivity contribution in [2.45, 2.75) is 6.42 Å². The smallest absolute Gasteiger partial charge is 0.225 e. The van der Waals surface area contributed by atoms with E-state index in [0.717, 1.165) is 51.6 Å². The third kappa shape index (κ3) is 4.42. The van der Waals surface area contributed by atoms with Crippen LogP contribution < -0.4 is 9.80 Å². The lowest BCUT2D eigenvalue weighted by molar-refractivity contribution is 0.300. The SMILES string of the molecule is CN(CCN1CCCN(c2ncccn2)CC1)c1ccccc1. The van der Waals surface area contributed by atoms with Gasteiger partial charge in [-0.1, -0.05) is 18.2 Å². The van der Waals surface area contributed by atoms with E-state index in [2.05, 4.69) is 62.0 Å². The van der Waals surface area contributed by atoms with E-state index in [1.54, 1.807) is 0 Å². The van der Waals surface area contributed by atoms with Gasteiger partial charge in [-0.3, -0.25) is 4.90 Å². The van der Waals surface area contributed by atoms with Crippen LogP contribution in [0.15, 0.2) is 48.8 Å². The van der Waals surface area contributed by atoms with E-state index in [9.17, 15) is 0 Å². The summed E-state index contributed by atoms with van der Waals surface area (Å²) in [6.07, 6.45) is 4.80. The number of aromatic nitrogens is 2. The number of para-hydroxylation sites is 1. The van der Waals surface area contributed by atoms with E-state index in [4.69, 9.17) is 0 Å². The Hall–Kier alpha value is -2.14. The van der Waals surface area contributed by atoms with Crippen LogP contribution in [0.4, 0.5) is 11.6 Å². The fraction of sp³-hybridized carbons (Fsp3) is 0.444. The van der Waals surface area contributed by atoms with Crippen LogP contribution in [0.5, 0.6) is 0 Å². The molecule has 3 rings (SSSR count). The summed E-state index contributed by atoms with van der Waals surface area (Å²) in [4.78, 5) is 15.9. The number of hydrogen-bond acceptors (Lipinski definition) is 5. The number of anilines is 2. The van der Waals surface area contributed by atoms with Gasteiger partial charge in [0.15, 0.2) is 0 Å². The van der Waals surface area contributed by atoms with Crippen molar-refractivity contribution in [1.82, 2.24) is 14.9 Å². The minimum atomic E-state index is 0.857. The molecule has 1 fully saturated rings. The van der Waals surface area contributed by atoms with E-state index in [0.29, 0.717) is 0 Å². The predicted octanol–water partition coefficient (Wildman–Crippen LogP) is 2.13. The normalized spacial score (nSPS) is 16.1. The first-order valence-electron chi connectivity index (χ1n) is 8.33. The largest absolute Gasteiger partial charge is 0.373 e. The first-order valence-corrected chi connectivity index (χ1v) is 8.33. The molecule has 1 aliphatic rings. The molecule has 0 atom stereocenters. The minimum Gasteiger partial charge on any atom is -0.373 e. The van der Waals surface area contributed by atoms with Crippen molar-refractivity contribution < 1.29 is 0 Å². The number of likely N-dealkylation sites (N-methyl/N-ethyl adjacent to an activating group) is 1. The number of benzene rings is 1. The van der Waals surface area contributed by atoms with Crippen molar-refractivity contribution in [2.24, 2.45) is 0 Å². The maximum absolute atomic E-state index is 4.37. The molecule has 0 amide bonds. The summed E-state index contributed by atoms with van der Waals surface area (Å²) >= 11 is 0. The van der Waals surface area contributed by atoms with E-state index in [-0.39, 0.29) is 0 Å². The van der Waals surface area contributed by atoms with Crippen LogP contribution in [-0.2, 0) is 0 Å². The summed E-state index contributed by atoms with van der Waals surface area (Å²) in [5, 5.41) is 0. The molecule has 0 saturated carbocycles. The van der Waals surface area contributed by atoms with Crippen LogP contribution in [0, 0.1) is 0 Å². The van der Waals surface area contributed by atoms with Crippen molar-refractivity contribution >= 4 is 11.6 Å². The Labute approximate surface area is 138 Å². The third-order valence-corrected chi connectivity index (χ3v) is 4.37. The van der Waals surface area contributed by atoms with Gasteiger partial charge >= 0.3 is 0 Å². The van der Waals surface area contributed by atoms with Crippen molar-refractivity contribution in [3.63, 3.8) is 0 Å². The highest BCUT2D eigenvalue weighted by Gasteiger charge is 2.16. The highest BCUT2D eigenvalue weighted by atomic mass is 15.3. The lowest BCUT2D eigenvalue weighted by Crippen LogP contribution is -2.36. The minimum absolute atomic E-state index is 0.857. The summed E-state index contributed by atoms with van der Waals surface area (Å²) in [6.45, 7) is 6.39. The molecule has 2 heterocycles. The molecule has 1 aromatic carbocycles. The summed E-state index contributed by atoms with van der Waals surface area (Å²) in [5.41, 5.74) is 1.28. The Morgan fingerprint density at radius 1 is 0.957 bits per heavy atom. The van der Waals surface area contributed by atoms with Crippen molar-refractivity contribution in [2.75, 3.05) is 56.1 Å². The van der Waals surface area contributed by atoms with Gasteiger partial charge < -0.3 is 9.80 Å². The van der Waals surface area contributed by atoms with Crippen LogP contribution >= 0.6 is 0 Å². The quantitative estimate of drug-likeness (QED) is 0.845. The highest BCUT2D eigenvalue weighted by Crippen LogP contribution is 2.12. The van der Waals surface area contributed by atoms with Gasteiger partial charge in [0.05, 0.1) is 0 Å². The second-order valence-electron chi connectivity index (χ2n) is 5.99. The van der Waals surface area contributed by atoms with Gasteiger partial charge in [0.1, 0.15) is 0 Å². The van der Waals surface area contributed by atoms with Gasteiger partial charge in [-0.2, -0.15) is 0 Å². The Morgan fingerprint density at radius 3 is 2.52 bits per heavy atom. The Morgan fingerprint density at radius 2 is 1.74 bits per heavy atom. The van der Waals surface area contributed by atoms with E-state index >= 15 is 0 Å². The van der Waals surface area contributed by atoms with Crippen molar-refractivity contribution in [3.8, 4) is 0 Å². The summed E-state index contributed by atoms with van der Waals surface area (Å²) in [7, 11) is 2.16. The molecule has 1 saturated heterocycles. The first-order chi connectivity index (χ1) is 11.3. The Kier molecular flexibility index (Phi) is 5.42. The molecule has 0 aliphatic carbocycles. The zero-order valence-electron chi connectivity index (χ0n) is 13.8. The van der Waals surface area contributed by atoms with Gasteiger partial charge in [-0.05, 0) is 31.2 Å². The average Bonchev–Trinajstić information content (AvgIpc) is 2.87. The highest BCUT2D eigenvalue weighted by molar-refractivity contribution is 5.44. The van der Waals surface area contributed by atoms with Crippen molar-refractivity contribution in [3.05, 3.63) is 48.8 Å². The predicted molar refractivity (Wildman–Crippen MR) is 95.0 cm³/mol. The lowest BCUT2D eigenvalue weighted by atomic mass is 10.3. The zero-order chi connectivity index (χ0) is 15.9.